The number of ether oxygens (including phenoxy) is 1. The molecule has 1 heterocycles. The van der Waals surface area contributed by atoms with Gasteiger partial charge in [0.15, 0.2) is 6.54 Å². The maximum atomic E-state index is 13.4. The summed E-state index contributed by atoms with van der Waals surface area (Å²) in [5.41, 5.74) is 2.62. The van der Waals surface area contributed by atoms with Crippen molar-refractivity contribution in [3.63, 3.8) is 0 Å². The molecule has 4 heteroatoms. The zero-order valence-electron chi connectivity index (χ0n) is 17.7. The number of hydroxylamine groups is 1. The molecule has 0 aliphatic carbocycles. The molecule has 0 atom stereocenters. The fraction of sp³-hybridized carbons (Fsp3) is 0.346. The van der Waals surface area contributed by atoms with Crippen molar-refractivity contribution in [1.29, 1.82) is 0 Å². The Morgan fingerprint density at radius 2 is 1.67 bits per heavy atom. The van der Waals surface area contributed by atoms with Gasteiger partial charge in [-0.1, -0.05) is 42.8 Å². The zero-order chi connectivity index (χ0) is 20.8. The van der Waals surface area contributed by atoms with Gasteiger partial charge in [-0.15, -0.1) is 0 Å². The van der Waals surface area contributed by atoms with Crippen LogP contribution >= 0.6 is 0 Å². The Labute approximate surface area is 179 Å². The van der Waals surface area contributed by atoms with Crippen molar-refractivity contribution in [3.05, 3.63) is 83.1 Å². The summed E-state index contributed by atoms with van der Waals surface area (Å²) in [5.74, 6) is 0.790. The Morgan fingerprint density at radius 3 is 2.43 bits per heavy atom. The van der Waals surface area contributed by atoms with Gasteiger partial charge in [-0.2, -0.15) is 0 Å². The molecule has 0 aromatic heterocycles. The summed E-state index contributed by atoms with van der Waals surface area (Å²) in [6.45, 7) is 3.81. The number of fused-ring (bicyclic) bond motifs is 1. The molecular weight excluding hydrogens is 372 g/mol. The molecule has 0 radical (unpaired) electrons. The predicted octanol–water partition coefficient (Wildman–Crippen LogP) is 5.07. The highest BCUT2D eigenvalue weighted by molar-refractivity contribution is 6.17. The van der Waals surface area contributed by atoms with E-state index in [1.165, 1.54) is 24.0 Å². The number of hydrogen-bond acceptors (Lipinski definition) is 3. The van der Waals surface area contributed by atoms with Gasteiger partial charge < -0.3 is 14.8 Å². The van der Waals surface area contributed by atoms with E-state index in [-0.39, 0.29) is 0 Å². The summed E-state index contributed by atoms with van der Waals surface area (Å²) < 4.78 is 6.50. The van der Waals surface area contributed by atoms with E-state index in [2.05, 4.69) is 29.2 Å². The van der Waals surface area contributed by atoms with Gasteiger partial charge in [0.25, 0.3) is 0 Å². The van der Waals surface area contributed by atoms with Crippen molar-refractivity contribution in [1.82, 2.24) is 4.90 Å². The number of methoxy groups -OCH3 is 1. The third-order valence-corrected chi connectivity index (χ3v) is 5.94. The standard InChI is InChI=1S/C26H30N2O2/c1-30-23-15-13-22(14-16-23)26(25-12-7-10-21-9-3-4-11-24(21)25)28(29)20-8-19-27-17-5-2-6-18-27/h3-4,7,9-16H,2,5-6,8,17-20H2,1H3/b28-26-. The molecule has 4 nitrogen and oxygen atoms in total. The van der Waals surface area contributed by atoms with Crippen molar-refractivity contribution in [2.45, 2.75) is 25.7 Å². The molecule has 4 rings (SSSR count). The molecule has 156 valence electrons. The lowest BCUT2D eigenvalue weighted by atomic mass is 9.96. The van der Waals surface area contributed by atoms with Crippen LogP contribution in [0.4, 0.5) is 0 Å². The van der Waals surface area contributed by atoms with E-state index >= 15 is 0 Å². The normalized spacial score (nSPS) is 15.8. The summed E-state index contributed by atoms with van der Waals surface area (Å²) in [6.07, 6.45) is 4.76. The van der Waals surface area contributed by atoms with Gasteiger partial charge in [-0.05, 0) is 67.0 Å². The number of nitrogens with zero attached hydrogens (tertiary/aromatic N) is 2. The Balaban J connectivity index is 1.68. The molecule has 3 aromatic carbocycles. The lowest BCUT2D eigenvalue weighted by Crippen LogP contribution is -2.32. The van der Waals surface area contributed by atoms with Crippen LogP contribution in [-0.4, -0.2) is 48.6 Å². The van der Waals surface area contributed by atoms with E-state index in [9.17, 15) is 5.21 Å². The number of piperidine rings is 1. The maximum absolute atomic E-state index is 13.4. The van der Waals surface area contributed by atoms with Crippen LogP contribution in [0.3, 0.4) is 0 Å². The fourth-order valence-electron chi connectivity index (χ4n) is 4.35. The SMILES string of the molecule is COc1ccc(/C(c2cccc3ccccc23)=[N+](/[O-])CCCN2CCCCC2)cc1. The average molecular weight is 403 g/mol. The third kappa shape index (κ3) is 4.65. The topological polar surface area (TPSA) is 38.5 Å². The molecule has 0 bridgehead atoms. The minimum atomic E-state index is 0.487. The molecule has 1 aliphatic heterocycles. The molecule has 1 aliphatic rings. The highest BCUT2D eigenvalue weighted by atomic mass is 16.5. The van der Waals surface area contributed by atoms with Gasteiger partial charge in [0.1, 0.15) is 5.75 Å². The van der Waals surface area contributed by atoms with E-state index in [1.807, 2.05) is 42.5 Å². The lowest BCUT2D eigenvalue weighted by Gasteiger charge is -2.26. The Morgan fingerprint density at radius 1 is 0.933 bits per heavy atom. The van der Waals surface area contributed by atoms with Crippen LogP contribution in [-0.2, 0) is 0 Å². The second-order valence-electron chi connectivity index (χ2n) is 7.96. The molecule has 3 aromatic rings. The summed E-state index contributed by atoms with van der Waals surface area (Å²) in [7, 11) is 1.66. The smallest absolute Gasteiger partial charge is 0.226 e. The first-order chi connectivity index (χ1) is 14.8. The van der Waals surface area contributed by atoms with Gasteiger partial charge >= 0.3 is 0 Å². The lowest BCUT2D eigenvalue weighted by molar-refractivity contribution is -0.457. The zero-order valence-corrected chi connectivity index (χ0v) is 17.7. The molecule has 0 amide bonds. The highest BCUT2D eigenvalue weighted by Crippen LogP contribution is 2.23. The van der Waals surface area contributed by atoms with Crippen LogP contribution in [0, 0.1) is 5.21 Å². The van der Waals surface area contributed by atoms with Crippen molar-refractivity contribution in [3.8, 4) is 5.75 Å². The van der Waals surface area contributed by atoms with Crippen LogP contribution < -0.4 is 4.74 Å². The van der Waals surface area contributed by atoms with E-state index < -0.39 is 0 Å². The summed E-state index contributed by atoms with van der Waals surface area (Å²) in [5, 5.41) is 15.7. The summed E-state index contributed by atoms with van der Waals surface area (Å²) in [4.78, 5) is 2.49. The van der Waals surface area contributed by atoms with Crippen molar-refractivity contribution < 1.29 is 9.48 Å². The van der Waals surface area contributed by atoms with Gasteiger partial charge in [0.05, 0.1) is 12.7 Å². The first-order valence-corrected chi connectivity index (χ1v) is 10.9. The number of likely N-dealkylation sites (tertiary alicyclic amines) is 1. The molecule has 0 N–H and O–H groups in total. The Kier molecular flexibility index (Phi) is 6.65. The predicted molar refractivity (Wildman–Crippen MR) is 124 cm³/mol. The molecule has 0 unspecified atom stereocenters. The van der Waals surface area contributed by atoms with Gasteiger partial charge in [0, 0.05) is 18.5 Å². The Bertz CT molecular complexity index is 1000. The monoisotopic (exact) mass is 402 g/mol. The molecule has 1 saturated heterocycles. The van der Waals surface area contributed by atoms with Crippen molar-refractivity contribution in [2.24, 2.45) is 0 Å². The van der Waals surface area contributed by atoms with E-state index in [4.69, 9.17) is 4.74 Å². The first kappa shape index (κ1) is 20.4. The number of benzene rings is 3. The fourth-order valence-corrected chi connectivity index (χ4v) is 4.35. The largest absolute Gasteiger partial charge is 0.623 e. The second-order valence-corrected chi connectivity index (χ2v) is 7.96. The van der Waals surface area contributed by atoms with Crippen LogP contribution in [0.5, 0.6) is 5.75 Å². The average Bonchev–Trinajstić information content (AvgIpc) is 2.80. The molecule has 0 spiro atoms. The van der Waals surface area contributed by atoms with E-state index in [0.29, 0.717) is 6.54 Å². The molecule has 1 fully saturated rings. The minimum absolute atomic E-state index is 0.487. The summed E-state index contributed by atoms with van der Waals surface area (Å²) >= 11 is 0. The molecule has 0 saturated carbocycles. The molecular formula is C26H30N2O2. The van der Waals surface area contributed by atoms with Crippen LogP contribution in [0.25, 0.3) is 10.8 Å². The summed E-state index contributed by atoms with van der Waals surface area (Å²) in [6, 6.07) is 22.2. The second kappa shape index (κ2) is 9.77. The molecule has 30 heavy (non-hydrogen) atoms. The third-order valence-electron chi connectivity index (χ3n) is 5.94. The van der Waals surface area contributed by atoms with E-state index in [1.54, 1.807) is 7.11 Å². The maximum Gasteiger partial charge on any atom is 0.226 e. The van der Waals surface area contributed by atoms with Crippen LogP contribution in [0.15, 0.2) is 66.7 Å². The highest BCUT2D eigenvalue weighted by Gasteiger charge is 2.19. The van der Waals surface area contributed by atoms with Gasteiger partial charge in [0.2, 0.25) is 5.71 Å². The number of rotatable bonds is 7. The van der Waals surface area contributed by atoms with Crippen LogP contribution in [0.1, 0.15) is 36.8 Å². The van der Waals surface area contributed by atoms with Crippen molar-refractivity contribution in [2.75, 3.05) is 33.3 Å². The quantitative estimate of drug-likeness (QED) is 0.240. The minimum Gasteiger partial charge on any atom is -0.623 e. The van der Waals surface area contributed by atoms with Crippen LogP contribution in [0.2, 0.25) is 0 Å². The van der Waals surface area contributed by atoms with Crippen molar-refractivity contribution >= 4 is 16.5 Å². The van der Waals surface area contributed by atoms with E-state index in [0.717, 1.165) is 59.4 Å². The number of hydrogen-bond donors (Lipinski definition) is 0. The van der Waals surface area contributed by atoms with Gasteiger partial charge in [-0.25, -0.2) is 4.74 Å². The van der Waals surface area contributed by atoms with Gasteiger partial charge in [-0.3, -0.25) is 0 Å². The Hall–Kier alpha value is -2.85. The first-order valence-electron chi connectivity index (χ1n) is 10.9.